The van der Waals surface area contributed by atoms with Crippen molar-refractivity contribution in [3.8, 4) is 17.0 Å². The second kappa shape index (κ2) is 6.08. The van der Waals surface area contributed by atoms with Crippen molar-refractivity contribution >= 4 is 16.9 Å². The molecule has 0 aliphatic carbocycles. The molecule has 3 aromatic rings. The van der Waals surface area contributed by atoms with Crippen LogP contribution in [0.5, 0.6) is 5.75 Å². The Morgan fingerprint density at radius 1 is 1.08 bits per heavy atom. The van der Waals surface area contributed by atoms with Gasteiger partial charge in [0.2, 0.25) is 0 Å². The monoisotopic (exact) mass is 347 g/mol. The van der Waals surface area contributed by atoms with Crippen molar-refractivity contribution in [2.24, 2.45) is 0 Å². The predicted octanol–water partition coefficient (Wildman–Crippen LogP) is 4.63. The lowest BCUT2D eigenvalue weighted by Crippen LogP contribution is -2.04. The molecule has 0 spiro atoms. The van der Waals surface area contributed by atoms with Gasteiger partial charge in [-0.25, -0.2) is 9.78 Å². The second-order valence-corrected chi connectivity index (χ2v) is 5.32. The van der Waals surface area contributed by atoms with Gasteiger partial charge in [0.25, 0.3) is 0 Å². The highest BCUT2D eigenvalue weighted by atomic mass is 19.4. The number of carboxylic acids is 1. The molecular weight excluding hydrogens is 335 g/mol. The van der Waals surface area contributed by atoms with Crippen LogP contribution in [0.4, 0.5) is 13.2 Å². The van der Waals surface area contributed by atoms with Gasteiger partial charge in [-0.1, -0.05) is 12.1 Å². The van der Waals surface area contributed by atoms with Crippen LogP contribution in [0.2, 0.25) is 0 Å². The molecule has 7 heteroatoms. The van der Waals surface area contributed by atoms with Gasteiger partial charge in [0, 0.05) is 17.0 Å². The summed E-state index contributed by atoms with van der Waals surface area (Å²) in [6.45, 7) is 0. The molecule has 1 aromatic heterocycles. The highest BCUT2D eigenvalue weighted by molar-refractivity contribution is 5.95. The van der Waals surface area contributed by atoms with Gasteiger partial charge in [0.15, 0.2) is 0 Å². The standard InChI is InChI=1S/C18H12F3NO3/c1-25-16-9-14(10-2-5-12(6-3-10)18(19,20)21)22-15-8-11(17(23)24)4-7-13(15)16/h2-9H,1H3,(H,23,24). The van der Waals surface area contributed by atoms with E-state index in [0.29, 0.717) is 27.9 Å². The first-order chi connectivity index (χ1) is 11.8. The molecule has 0 amide bonds. The number of aromatic nitrogens is 1. The third kappa shape index (κ3) is 3.26. The molecule has 2 aromatic carbocycles. The topological polar surface area (TPSA) is 59.4 Å². The molecule has 25 heavy (non-hydrogen) atoms. The molecule has 0 saturated heterocycles. The van der Waals surface area contributed by atoms with Crippen LogP contribution in [0.15, 0.2) is 48.5 Å². The maximum Gasteiger partial charge on any atom is 0.416 e. The van der Waals surface area contributed by atoms with E-state index in [2.05, 4.69) is 4.98 Å². The molecule has 4 nitrogen and oxygen atoms in total. The number of fused-ring (bicyclic) bond motifs is 1. The van der Waals surface area contributed by atoms with Gasteiger partial charge in [0.05, 0.1) is 29.4 Å². The third-order valence-corrected chi connectivity index (χ3v) is 3.75. The Bertz CT molecular complexity index is 950. The summed E-state index contributed by atoms with van der Waals surface area (Å²) in [6, 6.07) is 10.6. The van der Waals surface area contributed by atoms with Gasteiger partial charge < -0.3 is 9.84 Å². The minimum atomic E-state index is -4.41. The van der Waals surface area contributed by atoms with Crippen LogP contribution in [-0.4, -0.2) is 23.2 Å². The van der Waals surface area contributed by atoms with Crippen molar-refractivity contribution in [1.29, 1.82) is 0 Å². The quantitative estimate of drug-likeness (QED) is 0.751. The zero-order chi connectivity index (χ0) is 18.2. The van der Waals surface area contributed by atoms with E-state index in [1.54, 1.807) is 12.1 Å². The van der Waals surface area contributed by atoms with Gasteiger partial charge in [-0.05, 0) is 30.3 Å². The van der Waals surface area contributed by atoms with Gasteiger partial charge in [-0.2, -0.15) is 13.2 Å². The van der Waals surface area contributed by atoms with E-state index in [-0.39, 0.29) is 5.56 Å². The number of ether oxygens (including phenoxy) is 1. The summed E-state index contributed by atoms with van der Waals surface area (Å²) >= 11 is 0. The Morgan fingerprint density at radius 2 is 1.76 bits per heavy atom. The van der Waals surface area contributed by atoms with Crippen molar-refractivity contribution in [2.75, 3.05) is 7.11 Å². The van der Waals surface area contributed by atoms with Crippen LogP contribution < -0.4 is 4.74 Å². The van der Waals surface area contributed by atoms with E-state index in [1.807, 2.05) is 0 Å². The average Bonchev–Trinajstić information content (AvgIpc) is 2.59. The van der Waals surface area contributed by atoms with Crippen LogP contribution in [0.1, 0.15) is 15.9 Å². The first kappa shape index (κ1) is 16.8. The van der Waals surface area contributed by atoms with Crippen molar-refractivity contribution in [3.63, 3.8) is 0 Å². The fourth-order valence-corrected chi connectivity index (χ4v) is 2.48. The van der Waals surface area contributed by atoms with E-state index in [1.165, 1.54) is 31.4 Å². The zero-order valence-corrected chi connectivity index (χ0v) is 13.0. The van der Waals surface area contributed by atoms with E-state index < -0.39 is 17.7 Å². The van der Waals surface area contributed by atoms with Gasteiger partial charge >= 0.3 is 12.1 Å². The summed E-state index contributed by atoms with van der Waals surface area (Å²) in [5.41, 5.74) is 0.549. The number of methoxy groups -OCH3 is 1. The molecule has 1 heterocycles. The lowest BCUT2D eigenvalue weighted by Gasteiger charge is -2.11. The van der Waals surface area contributed by atoms with Gasteiger partial charge in [-0.15, -0.1) is 0 Å². The number of nitrogens with zero attached hydrogens (tertiary/aromatic N) is 1. The van der Waals surface area contributed by atoms with Crippen molar-refractivity contribution in [1.82, 2.24) is 4.98 Å². The lowest BCUT2D eigenvalue weighted by atomic mass is 10.1. The summed E-state index contributed by atoms with van der Waals surface area (Å²) in [7, 11) is 1.45. The number of benzene rings is 2. The number of aromatic carboxylic acids is 1. The minimum absolute atomic E-state index is 0.0617. The van der Waals surface area contributed by atoms with Crippen molar-refractivity contribution in [3.05, 3.63) is 59.7 Å². The minimum Gasteiger partial charge on any atom is -0.496 e. The maximum absolute atomic E-state index is 12.7. The highest BCUT2D eigenvalue weighted by Gasteiger charge is 2.30. The van der Waals surface area contributed by atoms with Crippen molar-refractivity contribution in [2.45, 2.75) is 6.18 Å². The smallest absolute Gasteiger partial charge is 0.416 e. The Morgan fingerprint density at radius 3 is 2.32 bits per heavy atom. The molecule has 0 atom stereocenters. The number of carbonyl (C=O) groups is 1. The molecule has 0 radical (unpaired) electrons. The van der Waals surface area contributed by atoms with Crippen LogP contribution in [0.25, 0.3) is 22.2 Å². The first-order valence-corrected chi connectivity index (χ1v) is 7.19. The van der Waals surface area contributed by atoms with E-state index in [9.17, 15) is 18.0 Å². The fraction of sp³-hybridized carbons (Fsp3) is 0.111. The number of pyridine rings is 1. The first-order valence-electron chi connectivity index (χ1n) is 7.19. The molecular formula is C18H12F3NO3. The molecule has 0 aliphatic heterocycles. The average molecular weight is 347 g/mol. The number of rotatable bonds is 3. The van der Waals surface area contributed by atoms with Crippen LogP contribution in [0, 0.1) is 0 Å². The van der Waals surface area contributed by atoms with Crippen LogP contribution >= 0.6 is 0 Å². The Hall–Kier alpha value is -3.09. The summed E-state index contributed by atoms with van der Waals surface area (Å²) in [6.07, 6.45) is -4.41. The van der Waals surface area contributed by atoms with E-state index in [4.69, 9.17) is 9.84 Å². The normalized spacial score (nSPS) is 11.5. The zero-order valence-electron chi connectivity index (χ0n) is 13.0. The summed E-state index contributed by atoms with van der Waals surface area (Å²) < 4.78 is 43.3. The second-order valence-electron chi connectivity index (χ2n) is 5.32. The predicted molar refractivity (Wildman–Crippen MR) is 85.7 cm³/mol. The Kier molecular flexibility index (Phi) is 4.08. The van der Waals surface area contributed by atoms with Gasteiger partial charge in [-0.3, -0.25) is 0 Å². The number of hydrogen-bond donors (Lipinski definition) is 1. The van der Waals surface area contributed by atoms with Crippen LogP contribution in [0.3, 0.4) is 0 Å². The third-order valence-electron chi connectivity index (χ3n) is 3.75. The molecule has 0 bridgehead atoms. The number of halogens is 3. The Labute approximate surface area is 140 Å². The molecule has 0 fully saturated rings. The number of carboxylic acid groups (broad SMARTS) is 1. The summed E-state index contributed by atoms with van der Waals surface area (Å²) in [5.74, 6) is -0.639. The maximum atomic E-state index is 12.7. The molecule has 3 rings (SSSR count). The molecule has 1 N–H and O–H groups in total. The SMILES string of the molecule is COc1cc(-c2ccc(C(F)(F)F)cc2)nc2cc(C(=O)O)ccc12. The fourth-order valence-electron chi connectivity index (χ4n) is 2.48. The van der Waals surface area contributed by atoms with Crippen LogP contribution in [-0.2, 0) is 6.18 Å². The number of hydrogen-bond acceptors (Lipinski definition) is 3. The molecule has 0 saturated carbocycles. The molecule has 0 unspecified atom stereocenters. The van der Waals surface area contributed by atoms with E-state index >= 15 is 0 Å². The summed E-state index contributed by atoms with van der Waals surface area (Å²) in [5, 5.41) is 9.71. The Balaban J connectivity index is 2.14. The van der Waals surface area contributed by atoms with Crippen molar-refractivity contribution < 1.29 is 27.8 Å². The van der Waals surface area contributed by atoms with Gasteiger partial charge in [0.1, 0.15) is 5.75 Å². The largest absolute Gasteiger partial charge is 0.496 e. The lowest BCUT2D eigenvalue weighted by molar-refractivity contribution is -0.137. The summed E-state index contributed by atoms with van der Waals surface area (Å²) in [4.78, 5) is 15.5. The number of alkyl halides is 3. The van der Waals surface area contributed by atoms with E-state index in [0.717, 1.165) is 12.1 Å². The molecule has 128 valence electrons. The highest BCUT2D eigenvalue weighted by Crippen LogP contribution is 2.33. The molecule has 0 aliphatic rings.